The minimum Gasteiger partial charge on any atom is -0.398 e. The largest absolute Gasteiger partial charge is 0.398 e. The van der Waals surface area contributed by atoms with E-state index >= 15 is 0 Å². The number of nitrogen functional groups attached to an aromatic ring is 1. The molecule has 0 saturated heterocycles. The van der Waals surface area contributed by atoms with Gasteiger partial charge in [-0.25, -0.2) is 13.1 Å². The number of rotatable bonds is 4. The zero-order valence-corrected chi connectivity index (χ0v) is 10.3. The Morgan fingerprint density at radius 3 is 2.44 bits per heavy atom. The highest BCUT2D eigenvalue weighted by Crippen LogP contribution is 2.15. The van der Waals surface area contributed by atoms with E-state index < -0.39 is 10.0 Å². The fraction of sp³-hybridized carbons (Fsp3) is 0.0909. The van der Waals surface area contributed by atoms with E-state index in [0.29, 0.717) is 0 Å². The molecular formula is C11H12N4O2S. The molecule has 3 N–H and O–H groups in total. The maximum atomic E-state index is 12.0. The van der Waals surface area contributed by atoms with Gasteiger partial charge in [-0.05, 0) is 23.8 Å². The molecule has 2 heterocycles. The van der Waals surface area contributed by atoms with Gasteiger partial charge in [0.2, 0.25) is 10.0 Å². The lowest BCUT2D eigenvalue weighted by atomic mass is 10.3. The summed E-state index contributed by atoms with van der Waals surface area (Å²) in [6.45, 7) is 0.180. The van der Waals surface area contributed by atoms with Gasteiger partial charge in [0, 0.05) is 31.3 Å². The van der Waals surface area contributed by atoms with Crippen molar-refractivity contribution in [2.75, 3.05) is 5.73 Å². The van der Waals surface area contributed by atoms with Crippen LogP contribution in [0.25, 0.3) is 0 Å². The van der Waals surface area contributed by atoms with Gasteiger partial charge in [0.15, 0.2) is 0 Å². The van der Waals surface area contributed by atoms with Gasteiger partial charge in [0.25, 0.3) is 0 Å². The maximum Gasteiger partial charge on any atom is 0.244 e. The van der Waals surface area contributed by atoms with Gasteiger partial charge in [-0.2, -0.15) is 0 Å². The predicted octanol–water partition coefficient (Wildman–Crippen LogP) is 0.537. The lowest BCUT2D eigenvalue weighted by Gasteiger charge is -2.08. The summed E-state index contributed by atoms with van der Waals surface area (Å²) in [6.07, 6.45) is 5.87. The van der Waals surface area contributed by atoms with Crippen molar-refractivity contribution in [1.29, 1.82) is 0 Å². The van der Waals surface area contributed by atoms with Crippen molar-refractivity contribution < 1.29 is 8.42 Å². The second kappa shape index (κ2) is 5.11. The molecule has 18 heavy (non-hydrogen) atoms. The summed E-state index contributed by atoms with van der Waals surface area (Å²) in [5, 5.41) is 0. The van der Waals surface area contributed by atoms with Gasteiger partial charge in [-0.1, -0.05) is 0 Å². The summed E-state index contributed by atoms with van der Waals surface area (Å²) in [7, 11) is -3.65. The molecule has 0 bridgehead atoms. The summed E-state index contributed by atoms with van der Waals surface area (Å²) in [5.74, 6) is 0. The Hall–Kier alpha value is -1.99. The van der Waals surface area contributed by atoms with Crippen LogP contribution in [-0.4, -0.2) is 18.4 Å². The molecule has 0 unspecified atom stereocenters. The summed E-state index contributed by atoms with van der Waals surface area (Å²) >= 11 is 0. The number of aromatic nitrogens is 2. The molecule has 7 heteroatoms. The molecule has 0 spiro atoms. The third-order valence-electron chi connectivity index (χ3n) is 2.32. The zero-order valence-electron chi connectivity index (χ0n) is 9.45. The lowest BCUT2D eigenvalue weighted by Crippen LogP contribution is -2.24. The van der Waals surface area contributed by atoms with Crippen LogP contribution in [0.15, 0.2) is 47.9 Å². The first-order chi connectivity index (χ1) is 8.59. The molecule has 0 aliphatic heterocycles. The third kappa shape index (κ3) is 2.82. The zero-order chi connectivity index (χ0) is 13.0. The van der Waals surface area contributed by atoms with Crippen LogP contribution in [0.1, 0.15) is 5.56 Å². The highest BCUT2D eigenvalue weighted by molar-refractivity contribution is 7.89. The van der Waals surface area contributed by atoms with Crippen LogP contribution >= 0.6 is 0 Å². The number of nitrogens with one attached hydrogen (secondary N) is 1. The third-order valence-corrected chi connectivity index (χ3v) is 3.77. The molecule has 2 aromatic heterocycles. The molecule has 2 rings (SSSR count). The first-order valence-corrected chi connectivity index (χ1v) is 6.66. The maximum absolute atomic E-state index is 12.0. The van der Waals surface area contributed by atoms with Crippen LogP contribution < -0.4 is 10.5 Å². The fourth-order valence-electron chi connectivity index (χ4n) is 1.37. The van der Waals surface area contributed by atoms with E-state index in [1.165, 1.54) is 18.5 Å². The molecule has 94 valence electrons. The number of anilines is 1. The average molecular weight is 264 g/mol. The second-order valence-corrected chi connectivity index (χ2v) is 5.33. The van der Waals surface area contributed by atoms with E-state index in [-0.39, 0.29) is 17.1 Å². The van der Waals surface area contributed by atoms with E-state index in [9.17, 15) is 8.42 Å². The standard InChI is InChI=1S/C11H12N4O2S/c12-10-3-6-14-8-11(10)18(16,17)15-7-9-1-4-13-5-2-9/h1-6,8,15H,7H2,(H2,12,14). The summed E-state index contributed by atoms with van der Waals surface area (Å²) in [5.41, 5.74) is 6.60. The number of nitrogens with two attached hydrogens (primary N) is 1. The van der Waals surface area contributed by atoms with Gasteiger partial charge in [0.1, 0.15) is 4.90 Å². The molecule has 0 atom stereocenters. The quantitative estimate of drug-likeness (QED) is 0.839. The predicted molar refractivity (Wildman–Crippen MR) is 66.9 cm³/mol. The lowest BCUT2D eigenvalue weighted by molar-refractivity contribution is 0.581. The van der Waals surface area contributed by atoms with Crippen LogP contribution in [0, 0.1) is 0 Å². The van der Waals surface area contributed by atoms with Gasteiger partial charge in [0.05, 0.1) is 5.69 Å². The fourth-order valence-corrected chi connectivity index (χ4v) is 2.46. The van der Waals surface area contributed by atoms with Crippen molar-refractivity contribution in [3.8, 4) is 0 Å². The number of hydrogen-bond acceptors (Lipinski definition) is 5. The molecule has 2 aromatic rings. The van der Waals surface area contributed by atoms with Crippen LogP contribution in [0.2, 0.25) is 0 Å². The highest BCUT2D eigenvalue weighted by Gasteiger charge is 2.16. The molecule has 0 amide bonds. The SMILES string of the molecule is Nc1ccncc1S(=O)(=O)NCc1ccncc1. The van der Waals surface area contributed by atoms with Crippen LogP contribution in [0.3, 0.4) is 0 Å². The van der Waals surface area contributed by atoms with Crippen molar-refractivity contribution in [3.05, 3.63) is 48.5 Å². The first-order valence-electron chi connectivity index (χ1n) is 5.17. The van der Waals surface area contributed by atoms with Crippen molar-refractivity contribution in [2.24, 2.45) is 0 Å². The minimum atomic E-state index is -3.65. The van der Waals surface area contributed by atoms with Gasteiger partial charge >= 0.3 is 0 Å². The average Bonchev–Trinajstić information content (AvgIpc) is 2.38. The molecule has 0 aliphatic rings. The highest BCUT2D eigenvalue weighted by atomic mass is 32.2. The van der Waals surface area contributed by atoms with Gasteiger partial charge in [-0.15, -0.1) is 0 Å². The number of hydrogen-bond donors (Lipinski definition) is 2. The van der Waals surface area contributed by atoms with E-state index in [1.807, 2.05) is 0 Å². The van der Waals surface area contributed by atoms with Crippen LogP contribution in [0.5, 0.6) is 0 Å². The topological polar surface area (TPSA) is 98.0 Å². The molecule has 0 radical (unpaired) electrons. The molecule has 0 aliphatic carbocycles. The monoisotopic (exact) mass is 264 g/mol. The molecule has 0 fully saturated rings. The summed E-state index contributed by atoms with van der Waals surface area (Å²) in [4.78, 5) is 7.60. The van der Waals surface area contributed by atoms with Gasteiger partial charge in [-0.3, -0.25) is 9.97 Å². The normalized spacial score (nSPS) is 11.3. The number of nitrogens with zero attached hydrogens (tertiary/aromatic N) is 2. The molecule has 0 saturated carbocycles. The smallest absolute Gasteiger partial charge is 0.244 e. The number of sulfonamides is 1. The van der Waals surface area contributed by atoms with E-state index in [2.05, 4.69) is 14.7 Å². The van der Waals surface area contributed by atoms with Crippen molar-refractivity contribution in [3.63, 3.8) is 0 Å². The van der Waals surface area contributed by atoms with Crippen molar-refractivity contribution in [2.45, 2.75) is 11.4 Å². The Morgan fingerprint density at radius 1 is 1.11 bits per heavy atom. The Balaban J connectivity index is 2.16. The Bertz CT molecular complexity index is 629. The summed E-state index contributed by atoms with van der Waals surface area (Å²) in [6, 6.07) is 4.91. The van der Waals surface area contributed by atoms with E-state index in [1.54, 1.807) is 24.5 Å². The van der Waals surface area contributed by atoms with E-state index in [4.69, 9.17) is 5.73 Å². The van der Waals surface area contributed by atoms with Crippen molar-refractivity contribution in [1.82, 2.24) is 14.7 Å². The Morgan fingerprint density at radius 2 is 1.78 bits per heavy atom. The van der Waals surface area contributed by atoms with Gasteiger partial charge < -0.3 is 5.73 Å². The Labute approximate surface area is 105 Å². The van der Waals surface area contributed by atoms with Crippen molar-refractivity contribution >= 4 is 15.7 Å². The first kappa shape index (κ1) is 12.5. The number of pyridine rings is 2. The molecular weight excluding hydrogens is 252 g/mol. The summed E-state index contributed by atoms with van der Waals surface area (Å²) < 4.78 is 26.4. The Kier molecular flexibility index (Phi) is 3.54. The second-order valence-electron chi connectivity index (χ2n) is 3.59. The minimum absolute atomic E-state index is 0.0148. The van der Waals surface area contributed by atoms with Crippen LogP contribution in [-0.2, 0) is 16.6 Å². The molecule has 6 nitrogen and oxygen atoms in total. The van der Waals surface area contributed by atoms with Crippen LogP contribution in [0.4, 0.5) is 5.69 Å². The van der Waals surface area contributed by atoms with E-state index in [0.717, 1.165) is 5.56 Å². The molecule has 0 aromatic carbocycles.